The maximum Gasteiger partial charge on any atom is 0.244 e. The Morgan fingerprint density at radius 2 is 2.12 bits per heavy atom. The molecular formula is C17H23NO6. The van der Waals surface area contributed by atoms with Crippen molar-refractivity contribution >= 4 is 12.0 Å². The Morgan fingerprint density at radius 1 is 1.38 bits per heavy atom. The molecule has 1 saturated heterocycles. The van der Waals surface area contributed by atoms with Crippen molar-refractivity contribution in [2.24, 2.45) is 0 Å². The average Bonchev–Trinajstić information content (AvgIpc) is 2.57. The fraction of sp³-hybridized carbons (Fsp3) is 0.471. The smallest absolute Gasteiger partial charge is 0.244 e. The molecule has 132 valence electrons. The van der Waals surface area contributed by atoms with E-state index in [4.69, 9.17) is 14.6 Å². The third-order valence-corrected chi connectivity index (χ3v) is 3.89. The van der Waals surface area contributed by atoms with E-state index in [0.717, 1.165) is 11.1 Å². The number of carbonyl (C=O) groups is 1. The van der Waals surface area contributed by atoms with Crippen LogP contribution >= 0.6 is 0 Å². The second-order valence-electron chi connectivity index (χ2n) is 5.72. The fourth-order valence-electron chi connectivity index (χ4n) is 2.60. The molecule has 1 aromatic carbocycles. The van der Waals surface area contributed by atoms with E-state index < -0.39 is 43.2 Å². The zero-order valence-corrected chi connectivity index (χ0v) is 13.6. The van der Waals surface area contributed by atoms with Gasteiger partial charge in [0, 0.05) is 13.2 Å². The normalized spacial score (nSPS) is 30.5. The molecule has 0 unspecified atom stereocenters. The highest BCUT2D eigenvalue weighted by atomic mass is 16.7. The Balaban J connectivity index is 2.03. The predicted octanol–water partition coefficient (Wildman–Crippen LogP) is -0.422. The lowest BCUT2D eigenvalue weighted by Gasteiger charge is -2.41. The molecule has 24 heavy (non-hydrogen) atoms. The summed E-state index contributed by atoms with van der Waals surface area (Å²) < 4.78 is 10.4. The monoisotopic (exact) mass is 337 g/mol. The number of benzene rings is 1. The summed E-state index contributed by atoms with van der Waals surface area (Å²) in [5.74, 6) is -0.458. The molecule has 1 heterocycles. The first kappa shape index (κ1) is 18.6. The number of ether oxygens (including phenoxy) is 2. The van der Waals surface area contributed by atoms with Gasteiger partial charge in [-0.3, -0.25) is 4.79 Å². The molecule has 0 aromatic heterocycles. The highest BCUT2D eigenvalue weighted by molar-refractivity contribution is 5.92. The minimum absolute atomic E-state index is 0.458. The molecule has 1 amide bonds. The van der Waals surface area contributed by atoms with Crippen LogP contribution in [0.25, 0.3) is 6.08 Å². The molecule has 1 fully saturated rings. The van der Waals surface area contributed by atoms with Crippen LogP contribution in [0.1, 0.15) is 11.1 Å². The number of rotatable bonds is 5. The lowest BCUT2D eigenvalue weighted by molar-refractivity contribution is -0.262. The van der Waals surface area contributed by atoms with Crippen LogP contribution in [0.3, 0.4) is 0 Å². The Kier molecular flexibility index (Phi) is 6.47. The van der Waals surface area contributed by atoms with E-state index in [9.17, 15) is 15.0 Å². The quantitative estimate of drug-likeness (QED) is 0.544. The van der Waals surface area contributed by atoms with Crippen LogP contribution in [0.2, 0.25) is 0 Å². The molecule has 0 aliphatic carbocycles. The van der Waals surface area contributed by atoms with Gasteiger partial charge in [-0.15, -0.1) is 0 Å². The van der Waals surface area contributed by atoms with Gasteiger partial charge in [0.2, 0.25) is 5.91 Å². The van der Waals surface area contributed by atoms with Gasteiger partial charge in [0.1, 0.15) is 24.4 Å². The second kappa shape index (κ2) is 8.36. The van der Waals surface area contributed by atoms with Crippen LogP contribution in [0, 0.1) is 6.92 Å². The molecular weight excluding hydrogens is 314 g/mol. The van der Waals surface area contributed by atoms with Gasteiger partial charge in [-0.25, -0.2) is 0 Å². The van der Waals surface area contributed by atoms with Crippen LogP contribution in [-0.2, 0) is 14.3 Å². The first-order chi connectivity index (χ1) is 11.5. The minimum Gasteiger partial charge on any atom is -0.394 e. The largest absolute Gasteiger partial charge is 0.394 e. The van der Waals surface area contributed by atoms with Gasteiger partial charge in [-0.2, -0.15) is 0 Å². The molecule has 1 aliphatic heterocycles. The van der Waals surface area contributed by atoms with Crippen molar-refractivity contribution in [3.63, 3.8) is 0 Å². The van der Waals surface area contributed by atoms with Gasteiger partial charge in [0.15, 0.2) is 6.29 Å². The number of hydrogen-bond acceptors (Lipinski definition) is 6. The number of hydrogen-bond donors (Lipinski definition) is 4. The number of aliphatic hydroxyl groups excluding tert-OH is 3. The number of amides is 1. The zero-order valence-electron chi connectivity index (χ0n) is 13.6. The third-order valence-electron chi connectivity index (χ3n) is 3.89. The van der Waals surface area contributed by atoms with Gasteiger partial charge in [0.05, 0.1) is 6.61 Å². The number of aryl methyl sites for hydroxylation is 1. The molecule has 0 spiro atoms. The van der Waals surface area contributed by atoms with E-state index in [-0.39, 0.29) is 0 Å². The summed E-state index contributed by atoms with van der Waals surface area (Å²) in [6, 6.07) is 6.67. The summed E-state index contributed by atoms with van der Waals surface area (Å²) in [5, 5.41) is 31.8. The molecule has 7 nitrogen and oxygen atoms in total. The number of methoxy groups -OCH3 is 1. The van der Waals surface area contributed by atoms with E-state index in [2.05, 4.69) is 5.32 Å². The number of aliphatic hydroxyl groups is 3. The molecule has 1 aromatic rings. The van der Waals surface area contributed by atoms with E-state index in [1.807, 2.05) is 31.2 Å². The van der Waals surface area contributed by atoms with Crippen molar-refractivity contribution in [2.45, 2.75) is 37.6 Å². The topological polar surface area (TPSA) is 108 Å². The molecule has 5 atom stereocenters. The summed E-state index contributed by atoms with van der Waals surface area (Å²) in [5.41, 5.74) is 1.94. The average molecular weight is 337 g/mol. The maximum atomic E-state index is 12.1. The Hall–Kier alpha value is -1.77. The number of carbonyl (C=O) groups excluding carboxylic acids is 1. The molecule has 0 bridgehead atoms. The Bertz CT molecular complexity index is 588. The van der Waals surface area contributed by atoms with Crippen LogP contribution < -0.4 is 5.32 Å². The fourth-order valence-corrected chi connectivity index (χ4v) is 2.60. The van der Waals surface area contributed by atoms with E-state index in [0.29, 0.717) is 0 Å². The first-order valence-corrected chi connectivity index (χ1v) is 7.66. The highest BCUT2D eigenvalue weighted by Gasteiger charge is 2.44. The van der Waals surface area contributed by atoms with Crippen LogP contribution in [0.4, 0.5) is 0 Å². The van der Waals surface area contributed by atoms with E-state index >= 15 is 0 Å². The molecule has 1 aliphatic rings. The van der Waals surface area contributed by atoms with Crippen molar-refractivity contribution in [1.29, 1.82) is 0 Å². The Labute approximate surface area is 140 Å². The lowest BCUT2D eigenvalue weighted by Crippen LogP contribution is -2.64. The first-order valence-electron chi connectivity index (χ1n) is 7.66. The highest BCUT2D eigenvalue weighted by Crippen LogP contribution is 2.21. The van der Waals surface area contributed by atoms with Gasteiger partial charge in [-0.1, -0.05) is 29.8 Å². The van der Waals surface area contributed by atoms with Crippen molar-refractivity contribution < 1.29 is 29.6 Å². The Morgan fingerprint density at radius 3 is 2.75 bits per heavy atom. The van der Waals surface area contributed by atoms with Crippen LogP contribution in [-0.4, -0.2) is 65.6 Å². The van der Waals surface area contributed by atoms with Gasteiger partial charge in [-0.05, 0) is 18.6 Å². The SMILES string of the molecule is CO[C@@H]1O[C@H](CO)[C@@H](O)[C@H](O)[C@H]1NC(=O)C=Cc1cccc(C)c1. The van der Waals surface area contributed by atoms with Crippen LogP contribution in [0.5, 0.6) is 0 Å². The van der Waals surface area contributed by atoms with Gasteiger partial charge in [0.25, 0.3) is 0 Å². The molecule has 0 radical (unpaired) electrons. The predicted molar refractivity (Wildman–Crippen MR) is 86.9 cm³/mol. The van der Waals surface area contributed by atoms with Crippen molar-refractivity contribution in [2.75, 3.05) is 13.7 Å². The number of nitrogens with one attached hydrogen (secondary N) is 1. The minimum atomic E-state index is -1.33. The zero-order chi connectivity index (χ0) is 17.7. The summed E-state index contributed by atoms with van der Waals surface area (Å²) in [7, 11) is 1.35. The second-order valence-corrected chi connectivity index (χ2v) is 5.72. The molecule has 4 N–H and O–H groups in total. The van der Waals surface area contributed by atoms with Crippen LogP contribution in [0.15, 0.2) is 30.3 Å². The van der Waals surface area contributed by atoms with E-state index in [1.165, 1.54) is 13.2 Å². The van der Waals surface area contributed by atoms with E-state index in [1.54, 1.807) is 6.08 Å². The lowest BCUT2D eigenvalue weighted by atomic mass is 9.97. The molecule has 2 rings (SSSR count). The summed E-state index contributed by atoms with van der Waals surface area (Å²) >= 11 is 0. The maximum absolute atomic E-state index is 12.1. The summed E-state index contributed by atoms with van der Waals surface area (Å²) in [6.07, 6.45) is -1.62. The molecule has 7 heteroatoms. The van der Waals surface area contributed by atoms with Crippen molar-refractivity contribution in [3.8, 4) is 0 Å². The summed E-state index contributed by atoms with van der Waals surface area (Å²) in [6.45, 7) is 1.49. The standard InChI is InChI=1S/C17H23NO6/c1-10-4-3-5-11(8-10)6-7-13(20)18-14-16(22)15(21)12(9-19)24-17(14)23-2/h3-8,12,14-17,19,21-22H,9H2,1-2H3,(H,18,20)/t12-,14-,15-,16-,17-/m1/s1. The third kappa shape index (κ3) is 4.40. The van der Waals surface area contributed by atoms with Crippen molar-refractivity contribution in [1.82, 2.24) is 5.32 Å². The van der Waals surface area contributed by atoms with Crippen molar-refractivity contribution in [3.05, 3.63) is 41.5 Å². The van der Waals surface area contributed by atoms with Gasteiger partial charge < -0.3 is 30.1 Å². The van der Waals surface area contributed by atoms with Gasteiger partial charge >= 0.3 is 0 Å². The summed E-state index contributed by atoms with van der Waals surface area (Å²) in [4.78, 5) is 12.1. The molecule has 0 saturated carbocycles.